The summed E-state index contributed by atoms with van der Waals surface area (Å²) in [7, 11) is 1.33. The molecule has 0 unspecified atom stereocenters. The average molecular weight is 292 g/mol. The summed E-state index contributed by atoms with van der Waals surface area (Å²) in [6, 6.07) is 14.1. The largest absolute Gasteiger partial charge is 0.664 e. The molecule has 2 aromatic rings. The third-order valence-corrected chi connectivity index (χ3v) is 3.21. The minimum absolute atomic E-state index is 0.536. The van der Waals surface area contributed by atoms with Crippen molar-refractivity contribution in [2.75, 3.05) is 14.2 Å². The Hall–Kier alpha value is -2.26. The molecule has 0 radical (unpaired) electrons. The van der Waals surface area contributed by atoms with Gasteiger partial charge in [0.1, 0.15) is 11.5 Å². The van der Waals surface area contributed by atoms with E-state index in [1.54, 1.807) is 50.6 Å². The third kappa shape index (κ3) is 3.87. The monoisotopic (exact) mass is 292 g/mol. The van der Waals surface area contributed by atoms with Crippen LogP contribution in [0.15, 0.2) is 48.5 Å². The first-order valence-corrected chi connectivity index (χ1v) is 7.04. The highest BCUT2D eigenvalue weighted by molar-refractivity contribution is 7.35. The van der Waals surface area contributed by atoms with Gasteiger partial charge in [0, 0.05) is 12.1 Å². The molecule has 0 saturated heterocycles. The first-order chi connectivity index (χ1) is 9.71. The van der Waals surface area contributed by atoms with Gasteiger partial charge < -0.3 is 9.47 Å². The van der Waals surface area contributed by atoms with Crippen molar-refractivity contribution in [3.05, 3.63) is 48.5 Å². The number of hydrogen-bond donors (Lipinski definition) is 1. The fourth-order valence-electron chi connectivity index (χ4n) is 1.53. The van der Waals surface area contributed by atoms with Crippen LogP contribution >= 0.6 is 8.17 Å². The molecule has 0 aliphatic rings. The van der Waals surface area contributed by atoms with Crippen LogP contribution in [0.2, 0.25) is 0 Å². The fraction of sp³-hybridized carbons (Fsp3) is 0.143. The zero-order chi connectivity index (χ0) is 14.4. The Kier molecular flexibility index (Phi) is 4.80. The van der Waals surface area contributed by atoms with Gasteiger partial charge in [-0.1, -0.05) is 12.1 Å². The van der Waals surface area contributed by atoms with Crippen LogP contribution in [0.1, 0.15) is 0 Å². The van der Waals surface area contributed by atoms with Crippen molar-refractivity contribution in [1.82, 2.24) is 0 Å². The molecule has 1 N–H and O–H groups in total. The molecule has 2 rings (SSSR count). The van der Waals surface area contributed by atoms with Gasteiger partial charge in [-0.05, 0) is 29.4 Å². The number of methoxy groups -OCH3 is 2. The number of rotatable bonds is 6. The molecule has 0 bridgehead atoms. The van der Waals surface area contributed by atoms with Gasteiger partial charge in [-0.3, -0.25) is 0 Å². The molecule has 0 amide bonds. The van der Waals surface area contributed by atoms with Crippen LogP contribution in [-0.4, -0.2) is 14.2 Å². The van der Waals surface area contributed by atoms with Crippen LogP contribution in [-0.2, 0) is 0 Å². The predicted molar refractivity (Wildman–Crippen MR) is 76.9 cm³/mol. The minimum atomic E-state index is -1.83. The third-order valence-electron chi connectivity index (χ3n) is 2.46. The summed E-state index contributed by atoms with van der Waals surface area (Å²) in [5.74, 6) is 2.42. The Morgan fingerprint density at radius 1 is 0.750 bits per heavy atom. The Morgan fingerprint density at radius 2 is 1.15 bits per heavy atom. The normalized spacial score (nSPS) is 9.70. The van der Waals surface area contributed by atoms with Crippen molar-refractivity contribution < 1.29 is 18.5 Å². The second kappa shape index (κ2) is 6.78. The van der Waals surface area contributed by atoms with Crippen molar-refractivity contribution in [2.45, 2.75) is 0 Å². The van der Waals surface area contributed by atoms with E-state index in [1.165, 1.54) is 0 Å². The number of nitrogens with one attached hydrogen (secondary N) is 1. The Morgan fingerprint density at radius 3 is 1.55 bits per heavy atom. The molecule has 0 aliphatic heterocycles. The van der Waals surface area contributed by atoms with Crippen molar-refractivity contribution in [3.8, 4) is 23.0 Å². The molecule has 5 nitrogen and oxygen atoms in total. The second-order valence-electron chi connectivity index (χ2n) is 3.80. The first kappa shape index (κ1) is 14.2. The summed E-state index contributed by atoms with van der Waals surface area (Å²) in [5, 5.41) is 7.84. The fourth-order valence-corrected chi connectivity index (χ4v) is 2.17. The summed E-state index contributed by atoms with van der Waals surface area (Å²) in [5.41, 5.74) is 0. The molecular weight excluding hydrogens is 277 g/mol. The van der Waals surface area contributed by atoms with Gasteiger partial charge in [-0.25, -0.2) is 9.05 Å². The lowest BCUT2D eigenvalue weighted by Gasteiger charge is -2.01. The first-order valence-electron chi connectivity index (χ1n) is 5.86. The zero-order valence-corrected chi connectivity index (χ0v) is 12.1. The highest BCUT2D eigenvalue weighted by Gasteiger charge is 2.19. The van der Waals surface area contributed by atoms with Gasteiger partial charge in [-0.2, -0.15) is 0 Å². The van der Waals surface area contributed by atoms with E-state index < -0.39 is 8.17 Å². The smallest absolute Gasteiger partial charge is 0.497 e. The lowest BCUT2D eigenvalue weighted by Crippen LogP contribution is -1.90. The van der Waals surface area contributed by atoms with Crippen LogP contribution in [0.3, 0.4) is 0 Å². The molecule has 0 fully saturated rings. The van der Waals surface area contributed by atoms with Crippen molar-refractivity contribution >= 4 is 8.17 Å². The summed E-state index contributed by atoms with van der Waals surface area (Å²) in [6.45, 7) is 0. The van der Waals surface area contributed by atoms with Crippen LogP contribution in [0.4, 0.5) is 0 Å². The molecule has 20 heavy (non-hydrogen) atoms. The Balaban J connectivity index is 2.01. The topological polar surface area (TPSA) is 60.8 Å². The van der Waals surface area contributed by atoms with E-state index in [2.05, 4.69) is 0 Å². The maximum Gasteiger partial charge on any atom is 0.664 e. The van der Waals surface area contributed by atoms with Crippen LogP contribution in [0, 0.1) is 5.16 Å². The Bertz CT molecular complexity index is 552. The molecule has 0 atom stereocenters. The Labute approximate surface area is 118 Å². The average Bonchev–Trinajstić information content (AvgIpc) is 2.47. The van der Waals surface area contributed by atoms with Crippen LogP contribution in [0.5, 0.6) is 23.0 Å². The van der Waals surface area contributed by atoms with Gasteiger partial charge in [0.2, 0.25) is 0 Å². The molecular formula is C14H15NO4P+. The van der Waals surface area contributed by atoms with E-state index in [9.17, 15) is 0 Å². The van der Waals surface area contributed by atoms with Crippen molar-refractivity contribution in [2.24, 2.45) is 0 Å². The second-order valence-corrected chi connectivity index (χ2v) is 4.68. The van der Waals surface area contributed by atoms with Gasteiger partial charge >= 0.3 is 8.17 Å². The standard InChI is InChI=1S/C14H15NO4P/c1-16-11-5-3-7-13(9-11)18-20(15)19-14-8-4-6-12(10-14)17-2/h3-10,15H,1-2H3/q+1. The minimum Gasteiger partial charge on any atom is -0.497 e. The molecule has 0 spiro atoms. The van der Waals surface area contributed by atoms with Gasteiger partial charge in [0.05, 0.1) is 14.2 Å². The zero-order valence-electron chi connectivity index (χ0n) is 11.2. The van der Waals surface area contributed by atoms with E-state index in [-0.39, 0.29) is 0 Å². The van der Waals surface area contributed by atoms with E-state index in [0.717, 1.165) is 0 Å². The number of hydrogen-bond acceptors (Lipinski definition) is 5. The predicted octanol–water partition coefficient (Wildman–Crippen LogP) is 4.24. The summed E-state index contributed by atoms with van der Waals surface area (Å²) in [6.07, 6.45) is 0. The highest BCUT2D eigenvalue weighted by atomic mass is 31.1. The summed E-state index contributed by atoms with van der Waals surface area (Å²) in [4.78, 5) is 0. The maximum atomic E-state index is 7.84. The SMILES string of the molecule is COc1cccc(O[P+](=N)Oc2cccc(OC)c2)c1. The number of ether oxygens (including phenoxy) is 2. The summed E-state index contributed by atoms with van der Waals surface area (Å²) < 4.78 is 21.0. The van der Waals surface area contributed by atoms with Crippen LogP contribution in [0.25, 0.3) is 0 Å². The molecule has 0 aromatic heterocycles. The number of benzene rings is 2. The molecule has 0 heterocycles. The highest BCUT2D eigenvalue weighted by Crippen LogP contribution is 2.33. The quantitative estimate of drug-likeness (QED) is 0.809. The van der Waals surface area contributed by atoms with Crippen LogP contribution < -0.4 is 18.5 Å². The van der Waals surface area contributed by atoms with E-state index in [0.29, 0.717) is 23.0 Å². The molecule has 104 valence electrons. The molecule has 2 aromatic carbocycles. The lowest BCUT2D eigenvalue weighted by molar-refractivity contribution is 0.410. The van der Waals surface area contributed by atoms with Gasteiger partial charge in [0.25, 0.3) is 0 Å². The maximum absolute atomic E-state index is 7.84. The molecule has 0 saturated carbocycles. The van der Waals surface area contributed by atoms with Gasteiger partial charge in [-0.15, -0.1) is 0 Å². The van der Waals surface area contributed by atoms with Crippen molar-refractivity contribution in [3.63, 3.8) is 0 Å². The van der Waals surface area contributed by atoms with Gasteiger partial charge in [0.15, 0.2) is 11.5 Å². The summed E-state index contributed by atoms with van der Waals surface area (Å²) >= 11 is 0. The van der Waals surface area contributed by atoms with E-state index in [1.807, 2.05) is 12.1 Å². The van der Waals surface area contributed by atoms with Crippen molar-refractivity contribution in [1.29, 1.82) is 5.16 Å². The molecule has 0 aliphatic carbocycles. The van der Waals surface area contributed by atoms with E-state index in [4.69, 9.17) is 23.7 Å². The van der Waals surface area contributed by atoms with E-state index >= 15 is 0 Å². The molecule has 6 heteroatoms. The lowest BCUT2D eigenvalue weighted by atomic mass is 10.3.